The average Bonchev–Trinajstić information content (AvgIpc) is 3.14. The first kappa shape index (κ1) is 27.3. The fourth-order valence-corrected chi connectivity index (χ4v) is 4.83. The second kappa shape index (κ2) is 13.7. The van der Waals surface area contributed by atoms with Gasteiger partial charge < -0.3 is 19.8 Å². The Kier molecular flexibility index (Phi) is 10.4. The maximum Gasteiger partial charge on any atom is 0.295 e. The second-order valence-corrected chi connectivity index (χ2v) is 9.50. The van der Waals surface area contributed by atoms with Crippen LogP contribution in [-0.2, 0) is 9.59 Å². The van der Waals surface area contributed by atoms with Gasteiger partial charge >= 0.3 is 0 Å². The molecule has 0 saturated carbocycles. The van der Waals surface area contributed by atoms with Gasteiger partial charge in [-0.05, 0) is 48.4 Å². The number of phenols is 1. The van der Waals surface area contributed by atoms with Gasteiger partial charge in [-0.3, -0.25) is 9.59 Å². The number of hydrogen-bond acceptors (Lipinski definition) is 5. The highest BCUT2D eigenvalue weighted by molar-refractivity contribution is 6.46. The molecule has 2 N–H and O–H groups in total. The van der Waals surface area contributed by atoms with Crippen molar-refractivity contribution < 1.29 is 24.5 Å². The SMILES string of the molecule is CCCCCCCCCCCCN1C(=O)C(=O)C(=C(O)c2ccc(OC)cc2)[C@H]1c1cccc(O)c1. The van der Waals surface area contributed by atoms with Crippen molar-refractivity contribution in [1.82, 2.24) is 4.90 Å². The molecule has 1 fully saturated rings. The summed E-state index contributed by atoms with van der Waals surface area (Å²) in [6, 6.07) is 12.5. The van der Waals surface area contributed by atoms with Crippen LogP contribution in [0.5, 0.6) is 11.5 Å². The summed E-state index contributed by atoms with van der Waals surface area (Å²) in [6.07, 6.45) is 11.7. The molecule has 0 spiro atoms. The zero-order chi connectivity index (χ0) is 25.9. The number of Topliss-reactive ketones (excluding diaryl/α,β-unsaturated/α-hetero) is 1. The van der Waals surface area contributed by atoms with Crippen molar-refractivity contribution in [2.45, 2.75) is 77.2 Å². The van der Waals surface area contributed by atoms with Crippen LogP contribution in [0.4, 0.5) is 0 Å². The Labute approximate surface area is 214 Å². The molecule has 0 aromatic heterocycles. The van der Waals surface area contributed by atoms with E-state index < -0.39 is 17.7 Å². The molecule has 1 amide bonds. The van der Waals surface area contributed by atoms with Gasteiger partial charge in [0.2, 0.25) is 0 Å². The molecule has 1 aliphatic rings. The van der Waals surface area contributed by atoms with E-state index in [1.165, 1.54) is 49.8 Å². The third-order valence-electron chi connectivity index (χ3n) is 6.84. The summed E-state index contributed by atoms with van der Waals surface area (Å²) < 4.78 is 5.18. The number of hydrogen-bond donors (Lipinski definition) is 2. The molecule has 36 heavy (non-hydrogen) atoms. The zero-order valence-corrected chi connectivity index (χ0v) is 21.5. The van der Waals surface area contributed by atoms with E-state index in [-0.39, 0.29) is 17.1 Å². The third-order valence-corrected chi connectivity index (χ3v) is 6.84. The Hall–Kier alpha value is -3.28. The summed E-state index contributed by atoms with van der Waals surface area (Å²) in [5.74, 6) is -0.882. The number of amides is 1. The third kappa shape index (κ3) is 6.90. The molecular weight excluding hydrogens is 454 g/mol. The van der Waals surface area contributed by atoms with E-state index in [0.29, 0.717) is 23.4 Å². The number of aromatic hydroxyl groups is 1. The molecule has 1 aliphatic heterocycles. The highest BCUT2D eigenvalue weighted by atomic mass is 16.5. The van der Waals surface area contributed by atoms with Crippen molar-refractivity contribution in [2.75, 3.05) is 13.7 Å². The molecule has 3 rings (SSSR count). The Bertz CT molecular complexity index is 1040. The molecule has 1 heterocycles. The van der Waals surface area contributed by atoms with Crippen LogP contribution in [0.2, 0.25) is 0 Å². The topological polar surface area (TPSA) is 87.1 Å². The van der Waals surface area contributed by atoms with Crippen LogP contribution in [0.25, 0.3) is 5.76 Å². The first-order valence-corrected chi connectivity index (χ1v) is 13.2. The van der Waals surface area contributed by atoms with Crippen molar-refractivity contribution in [2.24, 2.45) is 0 Å². The van der Waals surface area contributed by atoms with Crippen LogP contribution in [-0.4, -0.2) is 40.5 Å². The molecule has 1 saturated heterocycles. The number of ketones is 1. The number of methoxy groups -OCH3 is 1. The summed E-state index contributed by atoms with van der Waals surface area (Å²) in [6.45, 7) is 2.64. The number of unbranched alkanes of at least 4 members (excludes halogenated alkanes) is 9. The first-order chi connectivity index (χ1) is 17.5. The first-order valence-electron chi connectivity index (χ1n) is 13.2. The van der Waals surface area contributed by atoms with E-state index in [9.17, 15) is 19.8 Å². The van der Waals surface area contributed by atoms with Gasteiger partial charge in [-0.15, -0.1) is 0 Å². The van der Waals surface area contributed by atoms with E-state index in [2.05, 4.69) is 6.92 Å². The quantitative estimate of drug-likeness (QED) is 0.132. The minimum Gasteiger partial charge on any atom is -0.508 e. The maximum absolute atomic E-state index is 13.1. The van der Waals surface area contributed by atoms with Crippen molar-refractivity contribution in [3.63, 3.8) is 0 Å². The van der Waals surface area contributed by atoms with Gasteiger partial charge in [-0.25, -0.2) is 0 Å². The van der Waals surface area contributed by atoms with E-state index in [1.54, 1.807) is 55.6 Å². The fraction of sp³-hybridized carbons (Fsp3) is 0.467. The van der Waals surface area contributed by atoms with Gasteiger partial charge in [0.05, 0.1) is 18.7 Å². The lowest BCUT2D eigenvalue weighted by Crippen LogP contribution is -2.30. The molecule has 2 aromatic rings. The van der Waals surface area contributed by atoms with Crippen LogP contribution in [0.1, 0.15) is 88.3 Å². The average molecular weight is 494 g/mol. The lowest BCUT2D eigenvalue weighted by Gasteiger charge is -2.25. The van der Waals surface area contributed by atoms with E-state index in [1.807, 2.05) is 0 Å². The molecule has 0 unspecified atom stereocenters. The number of likely N-dealkylation sites (tertiary alicyclic amines) is 1. The normalized spacial score (nSPS) is 17.1. The summed E-state index contributed by atoms with van der Waals surface area (Å²) in [5, 5.41) is 21.2. The smallest absolute Gasteiger partial charge is 0.295 e. The van der Waals surface area contributed by atoms with E-state index in [4.69, 9.17) is 4.74 Å². The van der Waals surface area contributed by atoms with Crippen molar-refractivity contribution in [3.05, 3.63) is 65.2 Å². The van der Waals surface area contributed by atoms with Gasteiger partial charge in [-0.1, -0.05) is 76.8 Å². The monoisotopic (exact) mass is 493 g/mol. The van der Waals surface area contributed by atoms with Gasteiger partial charge in [0.25, 0.3) is 11.7 Å². The molecule has 194 valence electrons. The van der Waals surface area contributed by atoms with Crippen LogP contribution in [0.3, 0.4) is 0 Å². The number of aliphatic hydroxyl groups excluding tert-OH is 1. The molecule has 1 atom stereocenters. The van der Waals surface area contributed by atoms with Crippen molar-refractivity contribution >= 4 is 17.4 Å². The van der Waals surface area contributed by atoms with Crippen molar-refractivity contribution in [3.8, 4) is 11.5 Å². The summed E-state index contributed by atoms with van der Waals surface area (Å²) in [7, 11) is 1.55. The van der Waals surface area contributed by atoms with Crippen LogP contribution >= 0.6 is 0 Å². The maximum atomic E-state index is 13.1. The standard InChI is InChI=1S/C30H39NO5/c1-3-4-5-6-7-8-9-10-11-12-20-31-27(23-14-13-15-24(32)21-23)26(29(34)30(31)35)28(33)22-16-18-25(36-2)19-17-22/h13-19,21,27,32-33H,3-12,20H2,1-2H3/t27-/m1/s1. The number of carbonyl (C=O) groups is 2. The predicted molar refractivity (Wildman–Crippen MR) is 142 cm³/mol. The summed E-state index contributed by atoms with van der Waals surface area (Å²) in [4.78, 5) is 27.7. The minimum atomic E-state index is -0.752. The van der Waals surface area contributed by atoms with Gasteiger partial charge in [0.15, 0.2) is 0 Å². The molecule has 2 aromatic carbocycles. The van der Waals surface area contributed by atoms with Crippen LogP contribution in [0, 0.1) is 0 Å². The number of rotatable bonds is 14. The predicted octanol–water partition coefficient (Wildman–Crippen LogP) is 6.74. The Morgan fingerprint density at radius 1 is 0.889 bits per heavy atom. The van der Waals surface area contributed by atoms with Crippen molar-refractivity contribution in [1.29, 1.82) is 0 Å². The lowest BCUT2D eigenvalue weighted by molar-refractivity contribution is -0.139. The molecule has 0 aliphatic carbocycles. The van der Waals surface area contributed by atoms with Crippen LogP contribution < -0.4 is 4.74 Å². The van der Waals surface area contributed by atoms with E-state index in [0.717, 1.165) is 19.3 Å². The molecular formula is C30H39NO5. The molecule has 0 radical (unpaired) electrons. The largest absolute Gasteiger partial charge is 0.508 e. The summed E-state index contributed by atoms with van der Waals surface area (Å²) in [5.41, 5.74) is 1.07. The number of phenolic OH excluding ortho intramolecular Hbond substituents is 1. The Morgan fingerprint density at radius 2 is 1.50 bits per heavy atom. The van der Waals surface area contributed by atoms with Gasteiger partial charge in [0.1, 0.15) is 17.3 Å². The number of aliphatic hydroxyl groups is 1. The second-order valence-electron chi connectivity index (χ2n) is 9.50. The number of ether oxygens (including phenoxy) is 1. The fourth-order valence-electron chi connectivity index (χ4n) is 4.83. The number of carbonyl (C=O) groups excluding carboxylic acids is 2. The lowest BCUT2D eigenvalue weighted by atomic mass is 9.95. The Balaban J connectivity index is 1.73. The zero-order valence-electron chi connectivity index (χ0n) is 21.5. The highest BCUT2D eigenvalue weighted by Gasteiger charge is 2.45. The molecule has 0 bridgehead atoms. The molecule has 6 nitrogen and oxygen atoms in total. The molecule has 6 heteroatoms. The number of nitrogens with zero attached hydrogens (tertiary/aromatic N) is 1. The highest BCUT2D eigenvalue weighted by Crippen LogP contribution is 2.40. The van der Waals surface area contributed by atoms with E-state index >= 15 is 0 Å². The van der Waals surface area contributed by atoms with Crippen LogP contribution in [0.15, 0.2) is 54.1 Å². The Morgan fingerprint density at radius 3 is 2.08 bits per heavy atom. The van der Waals surface area contributed by atoms with Gasteiger partial charge in [0, 0.05) is 12.1 Å². The number of benzene rings is 2. The van der Waals surface area contributed by atoms with Gasteiger partial charge in [-0.2, -0.15) is 0 Å². The minimum absolute atomic E-state index is 0.0430. The summed E-state index contributed by atoms with van der Waals surface area (Å²) >= 11 is 0.